The van der Waals surface area contributed by atoms with Gasteiger partial charge < -0.3 is 5.32 Å². The standard InChI is InChI=1S/C15H21F2N/c1-10-3-4-12(7-10)9-18-11(2)13-5-6-14(16)15(17)8-13/h5-6,8,10-12,18H,3-4,7,9H2,1-2H3. The van der Waals surface area contributed by atoms with E-state index in [9.17, 15) is 8.78 Å². The zero-order valence-corrected chi connectivity index (χ0v) is 11.0. The lowest BCUT2D eigenvalue weighted by molar-refractivity contribution is 0.438. The number of halogens is 2. The molecule has 3 atom stereocenters. The zero-order valence-electron chi connectivity index (χ0n) is 11.0. The summed E-state index contributed by atoms with van der Waals surface area (Å²) < 4.78 is 26.0. The van der Waals surface area contributed by atoms with Crippen LogP contribution in [-0.2, 0) is 0 Å². The average Bonchev–Trinajstić information content (AvgIpc) is 2.75. The molecule has 0 radical (unpaired) electrons. The molecule has 1 saturated carbocycles. The second-order valence-corrected chi connectivity index (χ2v) is 5.59. The topological polar surface area (TPSA) is 12.0 Å². The molecule has 1 nitrogen and oxygen atoms in total. The Morgan fingerprint density at radius 3 is 2.67 bits per heavy atom. The molecule has 1 aromatic rings. The highest BCUT2D eigenvalue weighted by Gasteiger charge is 2.21. The van der Waals surface area contributed by atoms with Crippen LogP contribution in [0.5, 0.6) is 0 Å². The van der Waals surface area contributed by atoms with E-state index < -0.39 is 11.6 Å². The van der Waals surface area contributed by atoms with Crippen LogP contribution < -0.4 is 5.32 Å². The number of rotatable bonds is 4. The summed E-state index contributed by atoms with van der Waals surface area (Å²) in [5, 5.41) is 3.42. The second kappa shape index (κ2) is 5.79. The first-order chi connectivity index (χ1) is 8.56. The van der Waals surface area contributed by atoms with Gasteiger partial charge in [0.15, 0.2) is 11.6 Å². The maximum Gasteiger partial charge on any atom is 0.159 e. The highest BCUT2D eigenvalue weighted by molar-refractivity contribution is 5.20. The van der Waals surface area contributed by atoms with Gasteiger partial charge in [-0.3, -0.25) is 0 Å². The van der Waals surface area contributed by atoms with Crippen LogP contribution in [0.1, 0.15) is 44.7 Å². The summed E-state index contributed by atoms with van der Waals surface area (Å²) in [6, 6.07) is 4.19. The lowest BCUT2D eigenvalue weighted by Gasteiger charge is -2.17. The van der Waals surface area contributed by atoms with Crippen molar-refractivity contribution in [3.63, 3.8) is 0 Å². The lowest BCUT2D eigenvalue weighted by atomic mass is 10.0. The molecule has 1 aliphatic rings. The van der Waals surface area contributed by atoms with Crippen LogP contribution in [0.15, 0.2) is 18.2 Å². The van der Waals surface area contributed by atoms with Crippen molar-refractivity contribution >= 4 is 0 Å². The SMILES string of the molecule is CC1CCC(CNC(C)c2ccc(F)c(F)c2)C1. The fraction of sp³-hybridized carbons (Fsp3) is 0.600. The predicted molar refractivity (Wildman–Crippen MR) is 69.3 cm³/mol. The molecule has 0 heterocycles. The molecule has 2 rings (SSSR count). The highest BCUT2D eigenvalue weighted by atomic mass is 19.2. The first kappa shape index (κ1) is 13.5. The first-order valence-corrected chi connectivity index (χ1v) is 6.74. The van der Waals surface area contributed by atoms with Crippen LogP contribution in [0, 0.1) is 23.5 Å². The van der Waals surface area contributed by atoms with E-state index in [-0.39, 0.29) is 6.04 Å². The van der Waals surface area contributed by atoms with E-state index in [1.54, 1.807) is 6.07 Å². The molecule has 18 heavy (non-hydrogen) atoms. The summed E-state index contributed by atoms with van der Waals surface area (Å²) in [7, 11) is 0. The Balaban J connectivity index is 1.87. The van der Waals surface area contributed by atoms with Gasteiger partial charge in [0.1, 0.15) is 0 Å². The van der Waals surface area contributed by atoms with Gasteiger partial charge in [0.05, 0.1) is 0 Å². The first-order valence-electron chi connectivity index (χ1n) is 6.74. The summed E-state index contributed by atoms with van der Waals surface area (Å²) in [4.78, 5) is 0. The summed E-state index contributed by atoms with van der Waals surface area (Å²) in [5.41, 5.74) is 0.806. The Hall–Kier alpha value is -0.960. The van der Waals surface area contributed by atoms with Gasteiger partial charge in [0.25, 0.3) is 0 Å². The Morgan fingerprint density at radius 2 is 2.06 bits per heavy atom. The van der Waals surface area contributed by atoms with Gasteiger partial charge in [-0.15, -0.1) is 0 Å². The van der Waals surface area contributed by atoms with E-state index in [0.29, 0.717) is 0 Å². The zero-order chi connectivity index (χ0) is 13.1. The molecule has 3 unspecified atom stereocenters. The smallest absolute Gasteiger partial charge is 0.159 e. The van der Waals surface area contributed by atoms with Crippen LogP contribution in [-0.4, -0.2) is 6.54 Å². The minimum Gasteiger partial charge on any atom is -0.310 e. The molecular formula is C15H21F2N. The molecule has 1 aromatic carbocycles. The molecule has 0 saturated heterocycles. The van der Waals surface area contributed by atoms with Gasteiger partial charge in [0, 0.05) is 6.04 Å². The molecule has 0 aromatic heterocycles. The van der Waals surface area contributed by atoms with Gasteiger partial charge >= 0.3 is 0 Å². The van der Waals surface area contributed by atoms with Crippen molar-refractivity contribution in [3.05, 3.63) is 35.4 Å². The van der Waals surface area contributed by atoms with Gasteiger partial charge in [0.2, 0.25) is 0 Å². The molecule has 0 bridgehead atoms. The Labute approximate surface area is 108 Å². The van der Waals surface area contributed by atoms with Gasteiger partial charge in [-0.1, -0.05) is 19.4 Å². The van der Waals surface area contributed by atoms with E-state index in [4.69, 9.17) is 0 Å². The maximum absolute atomic E-state index is 13.1. The molecule has 0 amide bonds. The minimum absolute atomic E-state index is 0.0657. The molecule has 1 fully saturated rings. The molecule has 0 aliphatic heterocycles. The summed E-state index contributed by atoms with van der Waals surface area (Å²) in [6.45, 7) is 5.24. The molecule has 1 N–H and O–H groups in total. The third-order valence-corrected chi connectivity index (χ3v) is 3.96. The molecule has 1 aliphatic carbocycles. The van der Waals surface area contributed by atoms with Crippen molar-refractivity contribution in [3.8, 4) is 0 Å². The van der Waals surface area contributed by atoms with Crippen molar-refractivity contribution < 1.29 is 8.78 Å². The lowest BCUT2D eigenvalue weighted by Crippen LogP contribution is -2.24. The van der Waals surface area contributed by atoms with Crippen LogP contribution in [0.2, 0.25) is 0 Å². The monoisotopic (exact) mass is 253 g/mol. The number of benzene rings is 1. The van der Waals surface area contributed by atoms with Crippen LogP contribution in [0.25, 0.3) is 0 Å². The van der Waals surface area contributed by atoms with E-state index in [1.165, 1.54) is 31.4 Å². The van der Waals surface area contributed by atoms with Gasteiger partial charge in [-0.25, -0.2) is 8.78 Å². The third kappa shape index (κ3) is 3.29. The van der Waals surface area contributed by atoms with Crippen molar-refractivity contribution in [1.82, 2.24) is 5.32 Å². The third-order valence-electron chi connectivity index (χ3n) is 3.96. The Bertz CT molecular complexity index is 405. The summed E-state index contributed by atoms with van der Waals surface area (Å²) in [6.07, 6.45) is 3.86. The fourth-order valence-corrected chi connectivity index (χ4v) is 2.75. The maximum atomic E-state index is 13.1. The van der Waals surface area contributed by atoms with Crippen molar-refractivity contribution in [2.75, 3.05) is 6.54 Å². The van der Waals surface area contributed by atoms with Crippen LogP contribution >= 0.6 is 0 Å². The highest BCUT2D eigenvalue weighted by Crippen LogP contribution is 2.30. The number of hydrogen-bond donors (Lipinski definition) is 1. The average molecular weight is 253 g/mol. The van der Waals surface area contributed by atoms with Gasteiger partial charge in [-0.05, 0) is 55.8 Å². The number of hydrogen-bond acceptors (Lipinski definition) is 1. The predicted octanol–water partition coefficient (Wildman–Crippen LogP) is 4.05. The van der Waals surface area contributed by atoms with Crippen LogP contribution in [0.4, 0.5) is 8.78 Å². The molecular weight excluding hydrogens is 232 g/mol. The van der Waals surface area contributed by atoms with Crippen molar-refractivity contribution in [1.29, 1.82) is 0 Å². The van der Waals surface area contributed by atoms with E-state index >= 15 is 0 Å². The normalized spacial score (nSPS) is 25.3. The van der Waals surface area contributed by atoms with E-state index in [1.807, 2.05) is 6.92 Å². The van der Waals surface area contributed by atoms with Crippen molar-refractivity contribution in [2.24, 2.45) is 11.8 Å². The fourth-order valence-electron chi connectivity index (χ4n) is 2.75. The minimum atomic E-state index is -0.782. The summed E-state index contributed by atoms with van der Waals surface area (Å²) in [5.74, 6) is 0.00863. The van der Waals surface area contributed by atoms with E-state index in [2.05, 4.69) is 12.2 Å². The summed E-state index contributed by atoms with van der Waals surface area (Å²) >= 11 is 0. The number of nitrogens with one attached hydrogen (secondary N) is 1. The molecule has 0 spiro atoms. The molecule has 3 heteroatoms. The van der Waals surface area contributed by atoms with Crippen LogP contribution in [0.3, 0.4) is 0 Å². The Kier molecular flexibility index (Phi) is 4.33. The molecule has 100 valence electrons. The van der Waals surface area contributed by atoms with Gasteiger partial charge in [-0.2, -0.15) is 0 Å². The Morgan fingerprint density at radius 1 is 1.28 bits per heavy atom. The van der Waals surface area contributed by atoms with Crippen molar-refractivity contribution in [2.45, 2.75) is 39.2 Å². The van der Waals surface area contributed by atoms with E-state index in [0.717, 1.165) is 23.9 Å². The quantitative estimate of drug-likeness (QED) is 0.853. The second-order valence-electron chi connectivity index (χ2n) is 5.59. The largest absolute Gasteiger partial charge is 0.310 e.